The van der Waals surface area contributed by atoms with Gasteiger partial charge in [-0.05, 0) is 24.6 Å². The average molecular weight is 377 g/mol. The van der Waals surface area contributed by atoms with Crippen LogP contribution in [0, 0.1) is 11.3 Å². The fourth-order valence-corrected chi connectivity index (χ4v) is 2.81. The Hall–Kier alpha value is -2.98. The molecule has 1 aliphatic heterocycles. The summed E-state index contributed by atoms with van der Waals surface area (Å²) in [5.74, 6) is -2.09. The predicted octanol–water partition coefficient (Wildman–Crippen LogP) is 2.34. The van der Waals surface area contributed by atoms with Crippen molar-refractivity contribution in [3.05, 3.63) is 58.2 Å². The van der Waals surface area contributed by atoms with Gasteiger partial charge in [-0.3, -0.25) is 0 Å². The molecule has 8 heteroatoms. The molecule has 1 aromatic rings. The maximum absolute atomic E-state index is 12.3. The lowest BCUT2D eigenvalue weighted by Gasteiger charge is -2.27. The van der Waals surface area contributed by atoms with Crippen LogP contribution >= 0.6 is 11.6 Å². The number of esters is 2. The van der Waals surface area contributed by atoms with E-state index in [0.29, 0.717) is 11.1 Å². The number of methoxy groups -OCH3 is 1. The summed E-state index contributed by atoms with van der Waals surface area (Å²) in [5.41, 5.74) is 6.88. The quantitative estimate of drug-likeness (QED) is 0.620. The second-order valence-electron chi connectivity index (χ2n) is 5.23. The number of rotatable bonds is 5. The Bertz CT molecular complexity index is 821. The molecular weight excluding hydrogens is 360 g/mol. The maximum atomic E-state index is 12.3. The predicted molar refractivity (Wildman–Crippen MR) is 92.8 cm³/mol. The first kappa shape index (κ1) is 19.3. The topological polar surface area (TPSA) is 112 Å². The van der Waals surface area contributed by atoms with E-state index in [0.717, 1.165) is 0 Å². The van der Waals surface area contributed by atoms with Crippen LogP contribution in [0.1, 0.15) is 28.8 Å². The number of allylic oxidation sites excluding steroid dienone is 2. The van der Waals surface area contributed by atoms with Crippen molar-refractivity contribution < 1.29 is 23.8 Å². The number of nitrogens with two attached hydrogens (primary N) is 1. The van der Waals surface area contributed by atoms with Crippen LogP contribution in [0.4, 0.5) is 0 Å². The molecule has 2 N–H and O–H groups in total. The van der Waals surface area contributed by atoms with E-state index in [4.69, 9.17) is 31.5 Å². The first-order chi connectivity index (χ1) is 12.5. The van der Waals surface area contributed by atoms with Crippen molar-refractivity contribution in [2.24, 2.45) is 5.73 Å². The molecule has 0 radical (unpaired) electrons. The fourth-order valence-electron chi connectivity index (χ4n) is 2.61. The van der Waals surface area contributed by atoms with Gasteiger partial charge in [-0.1, -0.05) is 12.1 Å². The highest BCUT2D eigenvalue weighted by molar-refractivity contribution is 6.19. The number of hydrogen-bond donors (Lipinski definition) is 1. The van der Waals surface area contributed by atoms with Gasteiger partial charge in [0.2, 0.25) is 5.88 Å². The lowest BCUT2D eigenvalue weighted by molar-refractivity contribution is -0.136. The number of alkyl halides is 1. The Morgan fingerprint density at radius 2 is 1.96 bits per heavy atom. The number of benzene rings is 1. The van der Waals surface area contributed by atoms with Gasteiger partial charge in [0.15, 0.2) is 0 Å². The van der Waals surface area contributed by atoms with Crippen molar-refractivity contribution in [2.75, 3.05) is 19.6 Å². The summed E-state index contributed by atoms with van der Waals surface area (Å²) in [6.07, 6.45) is 0. The van der Waals surface area contributed by atoms with E-state index in [1.54, 1.807) is 31.2 Å². The first-order valence-electron chi connectivity index (χ1n) is 7.70. The van der Waals surface area contributed by atoms with Gasteiger partial charge < -0.3 is 19.9 Å². The highest BCUT2D eigenvalue weighted by atomic mass is 35.5. The van der Waals surface area contributed by atoms with E-state index in [2.05, 4.69) is 0 Å². The van der Waals surface area contributed by atoms with Crippen LogP contribution in [0.5, 0.6) is 0 Å². The summed E-state index contributed by atoms with van der Waals surface area (Å²) in [5, 5.41) is 9.49. The summed E-state index contributed by atoms with van der Waals surface area (Å²) in [6.45, 7) is 1.97. The van der Waals surface area contributed by atoms with Gasteiger partial charge >= 0.3 is 11.9 Å². The van der Waals surface area contributed by atoms with Crippen molar-refractivity contribution in [3.8, 4) is 6.07 Å². The molecule has 0 saturated carbocycles. The minimum Gasteiger partial charge on any atom is -0.466 e. The monoisotopic (exact) mass is 376 g/mol. The number of carbonyl (C=O) groups excluding carboxylic acids is 2. The van der Waals surface area contributed by atoms with Crippen LogP contribution in [0.3, 0.4) is 0 Å². The third kappa shape index (κ3) is 3.65. The van der Waals surface area contributed by atoms with Crippen LogP contribution in [0.2, 0.25) is 0 Å². The summed E-state index contributed by atoms with van der Waals surface area (Å²) < 4.78 is 15.1. The molecule has 26 heavy (non-hydrogen) atoms. The second-order valence-corrected chi connectivity index (χ2v) is 5.50. The summed E-state index contributed by atoms with van der Waals surface area (Å²) in [7, 11) is 1.22. The third-order valence-corrected chi connectivity index (χ3v) is 4.02. The van der Waals surface area contributed by atoms with E-state index < -0.39 is 17.9 Å². The number of nitrogens with zero attached hydrogens (tertiary/aromatic N) is 1. The zero-order chi connectivity index (χ0) is 19.3. The molecule has 0 amide bonds. The molecule has 1 aliphatic rings. The molecule has 136 valence electrons. The van der Waals surface area contributed by atoms with E-state index in [1.165, 1.54) is 7.11 Å². The molecule has 2 rings (SSSR count). The van der Waals surface area contributed by atoms with Crippen LogP contribution in [0.25, 0.3) is 0 Å². The molecule has 7 nitrogen and oxygen atoms in total. The molecule has 0 fully saturated rings. The lowest BCUT2D eigenvalue weighted by atomic mass is 9.83. The second kappa shape index (κ2) is 8.41. The van der Waals surface area contributed by atoms with Crippen LogP contribution < -0.4 is 5.73 Å². The van der Waals surface area contributed by atoms with Gasteiger partial charge in [0.05, 0.1) is 36.7 Å². The van der Waals surface area contributed by atoms with E-state index in [-0.39, 0.29) is 35.3 Å². The molecule has 0 aromatic heterocycles. The Morgan fingerprint density at radius 3 is 2.46 bits per heavy atom. The molecule has 0 bridgehead atoms. The van der Waals surface area contributed by atoms with Gasteiger partial charge in [0.25, 0.3) is 0 Å². The van der Waals surface area contributed by atoms with Gasteiger partial charge in [-0.2, -0.15) is 5.26 Å². The minimum atomic E-state index is -0.814. The summed E-state index contributed by atoms with van der Waals surface area (Å²) in [4.78, 5) is 24.1. The molecule has 0 spiro atoms. The van der Waals surface area contributed by atoms with Crippen molar-refractivity contribution in [2.45, 2.75) is 12.8 Å². The fraction of sp³-hybridized carbons (Fsp3) is 0.278. The highest BCUT2D eigenvalue weighted by Gasteiger charge is 2.37. The Balaban J connectivity index is 2.55. The molecule has 0 unspecified atom stereocenters. The Morgan fingerprint density at radius 1 is 1.31 bits per heavy atom. The number of carbonyl (C=O) groups is 2. The van der Waals surface area contributed by atoms with Crippen molar-refractivity contribution in [1.29, 1.82) is 5.26 Å². The molecule has 0 saturated heterocycles. The summed E-state index contributed by atoms with van der Waals surface area (Å²) in [6, 6.07) is 8.28. The summed E-state index contributed by atoms with van der Waals surface area (Å²) >= 11 is 5.87. The molecule has 1 aromatic carbocycles. The number of halogens is 1. The molecule has 1 atom stereocenters. The Labute approximate surface area is 155 Å². The van der Waals surface area contributed by atoms with Crippen LogP contribution in [-0.4, -0.2) is 31.5 Å². The third-order valence-electron chi connectivity index (χ3n) is 3.78. The number of ether oxygens (including phenoxy) is 3. The standard InChI is InChI=1S/C18H17ClN2O5/c1-3-25-17(22)11-6-4-10(5-7-11)14-12(9-20)16(21)26-13(8-19)15(14)18(23)24-2/h4-7,14H,3,8,21H2,1-2H3/t14-/m1/s1. The van der Waals surface area contributed by atoms with Crippen molar-refractivity contribution in [1.82, 2.24) is 0 Å². The van der Waals surface area contributed by atoms with Crippen molar-refractivity contribution >= 4 is 23.5 Å². The SMILES string of the molecule is CCOC(=O)c1ccc([C@@H]2C(C#N)=C(N)OC(CCl)=C2C(=O)OC)cc1. The van der Waals surface area contributed by atoms with Gasteiger partial charge in [-0.25, -0.2) is 9.59 Å². The van der Waals surface area contributed by atoms with E-state index >= 15 is 0 Å². The molecular formula is C18H17ClN2O5. The zero-order valence-electron chi connectivity index (χ0n) is 14.2. The van der Waals surface area contributed by atoms with Crippen LogP contribution in [0.15, 0.2) is 47.1 Å². The minimum absolute atomic E-state index is 0.0585. The largest absolute Gasteiger partial charge is 0.466 e. The molecule has 1 heterocycles. The first-order valence-corrected chi connectivity index (χ1v) is 8.23. The van der Waals surface area contributed by atoms with Gasteiger partial charge in [-0.15, -0.1) is 11.6 Å². The van der Waals surface area contributed by atoms with E-state index in [1.807, 2.05) is 6.07 Å². The lowest BCUT2D eigenvalue weighted by Crippen LogP contribution is -2.26. The zero-order valence-corrected chi connectivity index (χ0v) is 15.0. The normalized spacial score (nSPS) is 16.6. The smallest absolute Gasteiger partial charge is 0.338 e. The average Bonchev–Trinajstić information content (AvgIpc) is 2.66. The maximum Gasteiger partial charge on any atom is 0.338 e. The van der Waals surface area contributed by atoms with Crippen molar-refractivity contribution in [3.63, 3.8) is 0 Å². The van der Waals surface area contributed by atoms with Gasteiger partial charge in [0.1, 0.15) is 17.4 Å². The highest BCUT2D eigenvalue weighted by Crippen LogP contribution is 2.39. The molecule has 0 aliphatic carbocycles. The van der Waals surface area contributed by atoms with Crippen LogP contribution in [-0.2, 0) is 19.0 Å². The Kier molecular flexibility index (Phi) is 6.26. The number of nitriles is 1. The van der Waals surface area contributed by atoms with Gasteiger partial charge in [0, 0.05) is 0 Å². The van der Waals surface area contributed by atoms with E-state index in [9.17, 15) is 14.9 Å². The number of hydrogen-bond acceptors (Lipinski definition) is 7.